The number of ketones is 1. The van der Waals surface area contributed by atoms with Gasteiger partial charge in [0.1, 0.15) is 11.3 Å². The molecule has 0 saturated carbocycles. The minimum atomic E-state index is -0.726. The summed E-state index contributed by atoms with van der Waals surface area (Å²) in [6.45, 7) is 11.2. The largest absolute Gasteiger partial charge is 0.503 e. The third-order valence-corrected chi connectivity index (χ3v) is 6.50. The quantitative estimate of drug-likeness (QED) is 0.412. The van der Waals surface area contributed by atoms with Gasteiger partial charge in [-0.25, -0.2) is 0 Å². The molecule has 1 amide bonds. The number of Topliss-reactive ketones (excluding diaryl/α,β-unsaturated/α-hetero) is 1. The number of aryl methyl sites for hydroxylation is 1. The Hall–Kier alpha value is -3.58. The predicted molar refractivity (Wildman–Crippen MR) is 135 cm³/mol. The first kappa shape index (κ1) is 24.5. The third-order valence-electron chi connectivity index (χ3n) is 6.50. The minimum Gasteiger partial charge on any atom is -0.503 e. The Bertz CT molecular complexity index is 1250. The van der Waals surface area contributed by atoms with E-state index in [0.717, 1.165) is 29.6 Å². The smallest absolute Gasteiger partial charge is 0.290 e. The van der Waals surface area contributed by atoms with Crippen LogP contribution >= 0.6 is 0 Å². The van der Waals surface area contributed by atoms with Crippen LogP contribution in [-0.2, 0) is 4.79 Å². The number of carbonyl (C=O) groups is 2. The van der Waals surface area contributed by atoms with E-state index in [1.54, 1.807) is 11.0 Å². The molecule has 0 saturated heterocycles. The van der Waals surface area contributed by atoms with Crippen LogP contribution in [-0.4, -0.2) is 59.4 Å². The van der Waals surface area contributed by atoms with Crippen LogP contribution in [0.5, 0.6) is 5.75 Å². The highest BCUT2D eigenvalue weighted by Gasteiger charge is 2.44. The van der Waals surface area contributed by atoms with Crippen LogP contribution in [0.2, 0.25) is 0 Å². The lowest BCUT2D eigenvalue weighted by Crippen LogP contribution is -2.38. The topological polar surface area (TPSA) is 83.2 Å². The highest BCUT2D eigenvalue weighted by molar-refractivity contribution is 6.16. The number of benzene rings is 2. The normalized spacial score (nSPS) is 16.1. The maximum Gasteiger partial charge on any atom is 0.290 e. The lowest BCUT2D eigenvalue weighted by atomic mass is 9.95. The van der Waals surface area contributed by atoms with E-state index >= 15 is 0 Å². The monoisotopic (exact) mass is 476 g/mol. The number of rotatable bonds is 10. The van der Waals surface area contributed by atoms with E-state index in [1.165, 1.54) is 0 Å². The van der Waals surface area contributed by atoms with Gasteiger partial charge in [-0.2, -0.15) is 0 Å². The van der Waals surface area contributed by atoms with E-state index in [-0.39, 0.29) is 11.3 Å². The fourth-order valence-corrected chi connectivity index (χ4v) is 4.57. The Labute approximate surface area is 205 Å². The minimum absolute atomic E-state index is 0.0366. The first-order valence-electron chi connectivity index (χ1n) is 12.1. The van der Waals surface area contributed by atoms with Gasteiger partial charge in [-0.1, -0.05) is 37.6 Å². The molecule has 0 radical (unpaired) electrons. The zero-order chi connectivity index (χ0) is 25.1. The standard InChI is InChI=1S/C28H32N2O5/c1-5-29(6-2)14-15-30-25(19-9-11-21(12-10-19)34-7-3)24(27(32)28(30)33)26(31)23-17-20-16-18(4)8-13-22(20)35-23/h8-13,16-17,25,32H,5-7,14-15H2,1-4H3. The second-order valence-corrected chi connectivity index (χ2v) is 8.67. The van der Waals surface area contributed by atoms with Crippen molar-refractivity contribution in [1.82, 2.24) is 9.80 Å². The van der Waals surface area contributed by atoms with E-state index in [9.17, 15) is 14.7 Å². The molecule has 0 spiro atoms. The second kappa shape index (κ2) is 10.4. The molecule has 1 aromatic heterocycles. The number of amides is 1. The van der Waals surface area contributed by atoms with Gasteiger partial charge in [-0.3, -0.25) is 9.59 Å². The number of nitrogens with zero attached hydrogens (tertiary/aromatic N) is 2. The van der Waals surface area contributed by atoms with Crippen LogP contribution in [0.25, 0.3) is 11.0 Å². The first-order valence-corrected chi connectivity index (χ1v) is 12.1. The van der Waals surface area contributed by atoms with Crippen molar-refractivity contribution >= 4 is 22.7 Å². The summed E-state index contributed by atoms with van der Waals surface area (Å²) in [5.74, 6) is -0.768. The number of furan rings is 1. The number of hydrogen-bond donors (Lipinski definition) is 1. The van der Waals surface area contributed by atoms with Crippen molar-refractivity contribution in [3.05, 3.63) is 76.8 Å². The number of fused-ring (bicyclic) bond motifs is 1. The van der Waals surface area contributed by atoms with E-state index < -0.39 is 23.5 Å². The van der Waals surface area contributed by atoms with E-state index in [1.807, 2.05) is 56.3 Å². The van der Waals surface area contributed by atoms with Gasteiger partial charge in [-0.15, -0.1) is 0 Å². The van der Waals surface area contributed by atoms with E-state index in [2.05, 4.69) is 18.7 Å². The van der Waals surface area contributed by atoms with Crippen molar-refractivity contribution in [2.24, 2.45) is 0 Å². The molecule has 4 rings (SSSR count). The molecule has 1 aliphatic rings. The molecule has 1 unspecified atom stereocenters. The highest BCUT2D eigenvalue weighted by atomic mass is 16.5. The van der Waals surface area contributed by atoms with Crippen LogP contribution in [0, 0.1) is 6.92 Å². The molecule has 1 aliphatic heterocycles. The van der Waals surface area contributed by atoms with Gasteiger partial charge >= 0.3 is 0 Å². The Morgan fingerprint density at radius 3 is 2.46 bits per heavy atom. The van der Waals surface area contributed by atoms with Crippen LogP contribution < -0.4 is 4.74 Å². The van der Waals surface area contributed by atoms with Crippen molar-refractivity contribution in [3.8, 4) is 5.75 Å². The molecule has 35 heavy (non-hydrogen) atoms. The van der Waals surface area contributed by atoms with Gasteiger partial charge < -0.3 is 24.1 Å². The summed E-state index contributed by atoms with van der Waals surface area (Å²) in [4.78, 5) is 30.7. The molecular weight excluding hydrogens is 444 g/mol. The van der Waals surface area contributed by atoms with E-state index in [0.29, 0.717) is 31.0 Å². The number of hydrogen-bond acceptors (Lipinski definition) is 6. The average Bonchev–Trinajstić information content (AvgIpc) is 3.39. The number of ether oxygens (including phenoxy) is 1. The van der Waals surface area contributed by atoms with Gasteiger partial charge in [0, 0.05) is 18.5 Å². The third kappa shape index (κ3) is 4.82. The number of carbonyl (C=O) groups excluding carboxylic acids is 2. The lowest BCUT2D eigenvalue weighted by molar-refractivity contribution is -0.129. The Morgan fingerprint density at radius 1 is 1.09 bits per heavy atom. The molecule has 0 aliphatic carbocycles. The molecule has 184 valence electrons. The predicted octanol–water partition coefficient (Wildman–Crippen LogP) is 5.06. The summed E-state index contributed by atoms with van der Waals surface area (Å²) in [6, 6.07) is 13.9. The fraction of sp³-hybridized carbons (Fsp3) is 0.357. The summed E-state index contributed by atoms with van der Waals surface area (Å²) in [5.41, 5.74) is 2.39. The zero-order valence-electron chi connectivity index (χ0n) is 20.7. The van der Waals surface area contributed by atoms with Crippen molar-refractivity contribution in [2.75, 3.05) is 32.8 Å². The van der Waals surface area contributed by atoms with Gasteiger partial charge in [-0.05, 0) is 62.8 Å². The molecular formula is C28H32N2O5. The van der Waals surface area contributed by atoms with Crippen LogP contribution in [0.3, 0.4) is 0 Å². The Balaban J connectivity index is 1.74. The molecule has 0 fully saturated rings. The van der Waals surface area contributed by atoms with Gasteiger partial charge in [0.25, 0.3) is 5.91 Å². The van der Waals surface area contributed by atoms with E-state index in [4.69, 9.17) is 9.15 Å². The zero-order valence-corrected chi connectivity index (χ0v) is 20.7. The average molecular weight is 477 g/mol. The Morgan fingerprint density at radius 2 is 1.80 bits per heavy atom. The Kier molecular flexibility index (Phi) is 7.26. The molecule has 1 atom stereocenters. The summed E-state index contributed by atoms with van der Waals surface area (Å²) in [6.07, 6.45) is 0. The SMILES string of the molecule is CCOc1ccc(C2C(C(=O)c3cc4cc(C)ccc4o3)=C(O)C(=O)N2CCN(CC)CC)cc1. The summed E-state index contributed by atoms with van der Waals surface area (Å²) in [5, 5.41) is 11.7. The van der Waals surface area contributed by atoms with Crippen LogP contribution in [0.4, 0.5) is 0 Å². The van der Waals surface area contributed by atoms with Crippen molar-refractivity contribution in [3.63, 3.8) is 0 Å². The van der Waals surface area contributed by atoms with Crippen LogP contribution in [0.15, 0.2) is 64.3 Å². The fourth-order valence-electron chi connectivity index (χ4n) is 4.57. The maximum absolute atomic E-state index is 13.7. The summed E-state index contributed by atoms with van der Waals surface area (Å²) in [7, 11) is 0. The van der Waals surface area contributed by atoms with Crippen molar-refractivity contribution in [2.45, 2.75) is 33.7 Å². The number of aliphatic hydroxyl groups is 1. The summed E-state index contributed by atoms with van der Waals surface area (Å²) < 4.78 is 11.4. The molecule has 7 heteroatoms. The van der Waals surface area contributed by atoms with Crippen LogP contribution in [0.1, 0.15) is 48.5 Å². The van der Waals surface area contributed by atoms with Crippen molar-refractivity contribution < 1.29 is 23.8 Å². The first-order chi connectivity index (χ1) is 16.9. The second-order valence-electron chi connectivity index (χ2n) is 8.67. The highest BCUT2D eigenvalue weighted by Crippen LogP contribution is 2.40. The molecule has 2 heterocycles. The number of aliphatic hydroxyl groups excluding tert-OH is 1. The van der Waals surface area contributed by atoms with Gasteiger partial charge in [0.2, 0.25) is 5.78 Å². The summed E-state index contributed by atoms with van der Waals surface area (Å²) >= 11 is 0. The number of likely N-dealkylation sites (N-methyl/N-ethyl adjacent to an activating group) is 1. The lowest BCUT2D eigenvalue weighted by Gasteiger charge is -2.29. The molecule has 7 nitrogen and oxygen atoms in total. The van der Waals surface area contributed by atoms with Gasteiger partial charge in [0.05, 0.1) is 18.2 Å². The van der Waals surface area contributed by atoms with Crippen molar-refractivity contribution in [1.29, 1.82) is 0 Å². The van der Waals surface area contributed by atoms with Gasteiger partial charge in [0.15, 0.2) is 11.5 Å². The molecule has 1 N–H and O–H groups in total. The molecule has 3 aromatic rings. The molecule has 0 bridgehead atoms. The molecule has 2 aromatic carbocycles. The maximum atomic E-state index is 13.7.